The SMILES string of the molecule is CCN1c2ccccc2C(c2ccccc2)(c2ccccc2)c2ccccc21. The zero-order valence-electron chi connectivity index (χ0n) is 16.0. The van der Waals surface area contributed by atoms with Crippen LogP contribution in [0.15, 0.2) is 109 Å². The van der Waals surface area contributed by atoms with Crippen LogP contribution in [0.2, 0.25) is 0 Å². The van der Waals surface area contributed by atoms with E-state index in [2.05, 4.69) is 121 Å². The molecular formula is C27H23N. The third kappa shape index (κ3) is 2.26. The molecule has 1 aliphatic rings. The van der Waals surface area contributed by atoms with Crippen molar-refractivity contribution >= 4 is 11.4 Å². The van der Waals surface area contributed by atoms with E-state index in [1.807, 2.05) is 0 Å². The normalized spacial score (nSPS) is 14.2. The first-order valence-corrected chi connectivity index (χ1v) is 9.95. The number of hydrogen-bond donors (Lipinski definition) is 0. The summed E-state index contributed by atoms with van der Waals surface area (Å²) in [6, 6.07) is 39.6. The van der Waals surface area contributed by atoms with Gasteiger partial charge in [0.1, 0.15) is 0 Å². The van der Waals surface area contributed by atoms with Crippen molar-refractivity contribution < 1.29 is 0 Å². The van der Waals surface area contributed by atoms with Crippen LogP contribution in [0.1, 0.15) is 29.2 Å². The minimum atomic E-state index is -0.332. The van der Waals surface area contributed by atoms with Crippen LogP contribution in [0.3, 0.4) is 0 Å². The van der Waals surface area contributed by atoms with Crippen molar-refractivity contribution in [3.8, 4) is 0 Å². The molecule has 0 fully saturated rings. The summed E-state index contributed by atoms with van der Waals surface area (Å²) in [6.45, 7) is 3.17. The molecule has 0 bridgehead atoms. The summed E-state index contributed by atoms with van der Waals surface area (Å²) >= 11 is 0. The van der Waals surface area contributed by atoms with Crippen LogP contribution in [-0.2, 0) is 5.41 Å². The van der Waals surface area contributed by atoms with Crippen LogP contribution in [0.4, 0.5) is 11.4 Å². The number of fused-ring (bicyclic) bond motifs is 2. The minimum absolute atomic E-state index is 0.332. The van der Waals surface area contributed by atoms with Crippen molar-refractivity contribution in [2.75, 3.05) is 11.4 Å². The number of rotatable bonds is 3. The molecule has 0 spiro atoms. The largest absolute Gasteiger partial charge is 0.341 e. The monoisotopic (exact) mass is 361 g/mol. The van der Waals surface area contributed by atoms with Crippen LogP contribution in [0, 0.1) is 0 Å². The summed E-state index contributed by atoms with van der Waals surface area (Å²) in [4.78, 5) is 2.44. The van der Waals surface area contributed by atoms with Gasteiger partial charge in [0.2, 0.25) is 0 Å². The number of nitrogens with zero attached hydrogens (tertiary/aromatic N) is 1. The van der Waals surface area contributed by atoms with Gasteiger partial charge in [0.25, 0.3) is 0 Å². The van der Waals surface area contributed by atoms with Crippen molar-refractivity contribution in [3.63, 3.8) is 0 Å². The third-order valence-corrected chi connectivity index (χ3v) is 5.93. The van der Waals surface area contributed by atoms with Gasteiger partial charge in [-0.3, -0.25) is 0 Å². The van der Waals surface area contributed by atoms with Crippen LogP contribution >= 0.6 is 0 Å². The summed E-state index contributed by atoms with van der Waals surface area (Å²) in [5, 5.41) is 0. The van der Waals surface area contributed by atoms with E-state index in [1.54, 1.807) is 0 Å². The predicted molar refractivity (Wildman–Crippen MR) is 117 cm³/mol. The lowest BCUT2D eigenvalue weighted by molar-refractivity contribution is 0.720. The Morgan fingerprint density at radius 2 is 0.929 bits per heavy atom. The van der Waals surface area contributed by atoms with Crippen LogP contribution in [-0.4, -0.2) is 6.54 Å². The lowest BCUT2D eigenvalue weighted by Crippen LogP contribution is -2.38. The van der Waals surface area contributed by atoms with Gasteiger partial charge in [-0.25, -0.2) is 0 Å². The predicted octanol–water partition coefficient (Wildman–Crippen LogP) is 6.54. The maximum Gasteiger partial charge on any atom is 0.0742 e. The number of anilines is 2. The summed E-state index contributed by atoms with van der Waals surface area (Å²) in [5.74, 6) is 0. The average molecular weight is 361 g/mol. The highest BCUT2D eigenvalue weighted by Crippen LogP contribution is 2.55. The van der Waals surface area contributed by atoms with Crippen molar-refractivity contribution in [3.05, 3.63) is 131 Å². The average Bonchev–Trinajstić information content (AvgIpc) is 2.78. The summed E-state index contributed by atoms with van der Waals surface area (Å²) in [5.41, 5.74) is 7.53. The fraction of sp³-hybridized carbons (Fsp3) is 0.111. The van der Waals surface area contributed by atoms with Gasteiger partial charge in [-0.05, 0) is 41.3 Å². The fourth-order valence-corrected chi connectivity index (χ4v) is 4.83. The van der Waals surface area contributed by atoms with Crippen molar-refractivity contribution in [1.29, 1.82) is 0 Å². The molecule has 0 saturated heterocycles. The molecule has 0 radical (unpaired) electrons. The molecule has 0 unspecified atom stereocenters. The Kier molecular flexibility index (Phi) is 4.02. The van der Waals surface area contributed by atoms with Gasteiger partial charge in [0.15, 0.2) is 0 Å². The smallest absolute Gasteiger partial charge is 0.0742 e. The first-order chi connectivity index (χ1) is 13.9. The first kappa shape index (κ1) is 16.8. The Bertz CT molecular complexity index is 1010. The first-order valence-electron chi connectivity index (χ1n) is 9.95. The maximum atomic E-state index is 2.44. The molecule has 1 heteroatoms. The summed E-state index contributed by atoms with van der Waals surface area (Å²) in [6.07, 6.45) is 0. The second-order valence-electron chi connectivity index (χ2n) is 7.26. The highest BCUT2D eigenvalue weighted by molar-refractivity contribution is 5.83. The second kappa shape index (κ2) is 6.69. The molecule has 0 saturated carbocycles. The third-order valence-electron chi connectivity index (χ3n) is 5.93. The Morgan fingerprint density at radius 1 is 0.536 bits per heavy atom. The Balaban J connectivity index is 1.98. The highest BCUT2D eigenvalue weighted by Gasteiger charge is 2.45. The van der Waals surface area contributed by atoms with E-state index in [9.17, 15) is 0 Å². The molecule has 5 rings (SSSR count). The van der Waals surface area contributed by atoms with Crippen LogP contribution in [0.5, 0.6) is 0 Å². The molecular weight excluding hydrogens is 338 g/mol. The zero-order valence-corrected chi connectivity index (χ0v) is 16.0. The molecule has 0 amide bonds. The minimum Gasteiger partial charge on any atom is -0.341 e. The van der Waals surface area contributed by atoms with E-state index in [1.165, 1.54) is 33.6 Å². The number of hydrogen-bond acceptors (Lipinski definition) is 1. The van der Waals surface area contributed by atoms with Gasteiger partial charge in [0.05, 0.1) is 5.41 Å². The Labute approximate surface area is 166 Å². The van der Waals surface area contributed by atoms with Gasteiger partial charge in [0, 0.05) is 17.9 Å². The van der Waals surface area contributed by atoms with E-state index in [4.69, 9.17) is 0 Å². The quantitative estimate of drug-likeness (QED) is 0.400. The molecule has 4 aromatic carbocycles. The van der Waals surface area contributed by atoms with Crippen LogP contribution in [0.25, 0.3) is 0 Å². The molecule has 1 nitrogen and oxygen atoms in total. The molecule has 0 aromatic heterocycles. The molecule has 4 aromatic rings. The molecule has 28 heavy (non-hydrogen) atoms. The molecule has 136 valence electrons. The molecule has 0 atom stereocenters. The van der Waals surface area contributed by atoms with E-state index in [0.29, 0.717) is 0 Å². The van der Waals surface area contributed by atoms with E-state index in [0.717, 1.165) is 6.54 Å². The van der Waals surface area contributed by atoms with Crippen molar-refractivity contribution in [2.45, 2.75) is 12.3 Å². The Hall–Kier alpha value is -3.32. The topological polar surface area (TPSA) is 3.24 Å². The van der Waals surface area contributed by atoms with Crippen molar-refractivity contribution in [2.24, 2.45) is 0 Å². The van der Waals surface area contributed by atoms with E-state index < -0.39 is 0 Å². The number of para-hydroxylation sites is 2. The molecule has 1 heterocycles. The lowest BCUT2D eigenvalue weighted by atomic mass is 9.62. The van der Waals surface area contributed by atoms with Crippen molar-refractivity contribution in [1.82, 2.24) is 0 Å². The second-order valence-corrected chi connectivity index (χ2v) is 7.26. The van der Waals surface area contributed by atoms with E-state index in [-0.39, 0.29) is 5.41 Å². The van der Waals surface area contributed by atoms with Gasteiger partial charge < -0.3 is 4.90 Å². The van der Waals surface area contributed by atoms with Gasteiger partial charge in [-0.1, -0.05) is 97.1 Å². The standard InChI is InChI=1S/C27H23N/c1-2-28-25-19-11-9-17-23(25)27(21-13-5-3-6-14-21,22-15-7-4-8-16-22)24-18-10-12-20-26(24)28/h3-20H,2H2,1H3. The summed E-state index contributed by atoms with van der Waals surface area (Å²) < 4.78 is 0. The molecule has 1 aliphatic heterocycles. The summed E-state index contributed by atoms with van der Waals surface area (Å²) in [7, 11) is 0. The molecule has 0 N–H and O–H groups in total. The zero-order chi connectivity index (χ0) is 19.0. The fourth-order valence-electron chi connectivity index (χ4n) is 4.83. The van der Waals surface area contributed by atoms with Gasteiger partial charge >= 0.3 is 0 Å². The Morgan fingerprint density at radius 3 is 1.36 bits per heavy atom. The molecule has 0 aliphatic carbocycles. The lowest BCUT2D eigenvalue weighted by Gasteiger charge is -2.46. The van der Waals surface area contributed by atoms with Gasteiger partial charge in [-0.15, -0.1) is 0 Å². The number of benzene rings is 4. The maximum absolute atomic E-state index is 2.44. The van der Waals surface area contributed by atoms with E-state index >= 15 is 0 Å². The highest BCUT2D eigenvalue weighted by atomic mass is 15.1. The van der Waals surface area contributed by atoms with Gasteiger partial charge in [-0.2, -0.15) is 0 Å². The van der Waals surface area contributed by atoms with Crippen LogP contribution < -0.4 is 4.90 Å².